The van der Waals surface area contributed by atoms with Crippen molar-refractivity contribution in [3.8, 4) is 5.75 Å². The summed E-state index contributed by atoms with van der Waals surface area (Å²) in [6.45, 7) is 0.481. The first-order valence-electron chi connectivity index (χ1n) is 6.89. The van der Waals surface area contributed by atoms with Gasteiger partial charge >= 0.3 is 5.97 Å². The van der Waals surface area contributed by atoms with Gasteiger partial charge in [-0.2, -0.15) is 0 Å². The lowest BCUT2D eigenvalue weighted by molar-refractivity contribution is -0.152. The lowest BCUT2D eigenvalue weighted by Gasteiger charge is -2.39. The second-order valence-corrected chi connectivity index (χ2v) is 5.46. The first-order chi connectivity index (χ1) is 9.62. The molecule has 0 spiro atoms. The maximum Gasteiger partial charge on any atom is 0.329 e. The largest absolute Gasteiger partial charge is 0.493 e. The molecule has 20 heavy (non-hydrogen) atoms. The Labute approximate surface area is 116 Å². The molecule has 1 aliphatic carbocycles. The number of fused-ring (bicyclic) bond motifs is 1. The van der Waals surface area contributed by atoms with E-state index in [1.54, 1.807) is 0 Å². The third kappa shape index (κ3) is 2.03. The Bertz CT molecular complexity index is 551. The van der Waals surface area contributed by atoms with Crippen molar-refractivity contribution >= 4 is 11.9 Å². The number of carbonyl (C=O) groups is 2. The number of rotatable bonds is 3. The summed E-state index contributed by atoms with van der Waals surface area (Å²) in [7, 11) is 0. The molecule has 1 heterocycles. The number of hydrogen-bond acceptors (Lipinski definition) is 3. The number of amides is 1. The fraction of sp³-hybridized carbons (Fsp3) is 0.467. The molecule has 2 N–H and O–H groups in total. The first kappa shape index (κ1) is 13.0. The summed E-state index contributed by atoms with van der Waals surface area (Å²) in [5.41, 5.74) is -0.208. The van der Waals surface area contributed by atoms with Crippen LogP contribution in [0.5, 0.6) is 5.75 Å². The molecule has 0 saturated heterocycles. The molecule has 1 aromatic carbocycles. The highest BCUT2D eigenvalue weighted by Crippen LogP contribution is 2.36. The van der Waals surface area contributed by atoms with Crippen molar-refractivity contribution in [1.29, 1.82) is 0 Å². The van der Waals surface area contributed by atoms with Crippen LogP contribution in [0.1, 0.15) is 37.2 Å². The molecule has 3 rings (SSSR count). The Hall–Kier alpha value is -2.04. The molecule has 1 amide bonds. The maximum absolute atomic E-state index is 12.4. The lowest BCUT2D eigenvalue weighted by Crippen LogP contribution is -2.60. The van der Waals surface area contributed by atoms with Crippen LogP contribution >= 0.6 is 0 Å². The highest BCUT2D eigenvalue weighted by molar-refractivity contribution is 5.91. The molecule has 5 nitrogen and oxygen atoms in total. The zero-order valence-electron chi connectivity index (χ0n) is 11.1. The number of hydrogen-bond donors (Lipinski definition) is 2. The quantitative estimate of drug-likeness (QED) is 0.880. The average Bonchev–Trinajstić information content (AvgIpc) is 2.41. The molecule has 1 fully saturated rings. The molecule has 1 aromatic rings. The number of carboxylic acids is 1. The summed E-state index contributed by atoms with van der Waals surface area (Å²) in [4.78, 5) is 23.8. The number of carbonyl (C=O) groups excluding carboxylic acids is 1. The minimum atomic E-state index is -1.05. The fourth-order valence-electron chi connectivity index (χ4n) is 2.86. The monoisotopic (exact) mass is 275 g/mol. The second kappa shape index (κ2) is 4.81. The van der Waals surface area contributed by atoms with Gasteiger partial charge in [0.05, 0.1) is 12.5 Å². The van der Waals surface area contributed by atoms with Gasteiger partial charge in [0.15, 0.2) is 0 Å². The SMILES string of the molecule is O=C(NC1(C(=O)O)CCC1)[C@H]1CCOc2ccccc21. The third-order valence-electron chi connectivity index (χ3n) is 4.25. The van der Waals surface area contributed by atoms with Crippen LogP contribution in [0.4, 0.5) is 0 Å². The van der Waals surface area contributed by atoms with Gasteiger partial charge in [-0.15, -0.1) is 0 Å². The molecule has 0 bridgehead atoms. The van der Waals surface area contributed by atoms with Crippen LogP contribution in [0, 0.1) is 0 Å². The van der Waals surface area contributed by atoms with E-state index in [1.165, 1.54) is 0 Å². The van der Waals surface area contributed by atoms with Crippen molar-refractivity contribution in [1.82, 2.24) is 5.32 Å². The smallest absolute Gasteiger partial charge is 0.329 e. The molecule has 0 aromatic heterocycles. The van der Waals surface area contributed by atoms with E-state index in [0.29, 0.717) is 25.9 Å². The predicted octanol–water partition coefficient (Wildman–Crippen LogP) is 1.68. The molecule has 1 atom stereocenters. The van der Waals surface area contributed by atoms with Crippen LogP contribution in [0.2, 0.25) is 0 Å². The summed E-state index contributed by atoms with van der Waals surface area (Å²) >= 11 is 0. The predicted molar refractivity (Wildman–Crippen MR) is 71.7 cm³/mol. The van der Waals surface area contributed by atoms with Crippen LogP contribution in [0.15, 0.2) is 24.3 Å². The van der Waals surface area contributed by atoms with Crippen molar-refractivity contribution in [3.63, 3.8) is 0 Å². The Morgan fingerprint density at radius 1 is 1.30 bits per heavy atom. The number of carboxylic acid groups (broad SMARTS) is 1. The van der Waals surface area contributed by atoms with Crippen molar-refractivity contribution in [2.75, 3.05) is 6.61 Å². The van der Waals surface area contributed by atoms with Crippen LogP contribution in [0.3, 0.4) is 0 Å². The summed E-state index contributed by atoms with van der Waals surface area (Å²) in [6, 6.07) is 7.44. The van der Waals surface area contributed by atoms with E-state index in [-0.39, 0.29) is 11.8 Å². The van der Waals surface area contributed by atoms with Crippen LogP contribution in [-0.2, 0) is 9.59 Å². The molecule has 5 heteroatoms. The number of nitrogens with one attached hydrogen (secondary N) is 1. The Kier molecular flexibility index (Phi) is 3.12. The highest BCUT2D eigenvalue weighted by Gasteiger charge is 2.46. The molecule has 0 unspecified atom stereocenters. The number of aliphatic carboxylic acids is 1. The zero-order valence-corrected chi connectivity index (χ0v) is 11.1. The van der Waals surface area contributed by atoms with Gasteiger partial charge in [0.1, 0.15) is 11.3 Å². The van der Waals surface area contributed by atoms with E-state index in [9.17, 15) is 14.7 Å². The Morgan fingerprint density at radius 2 is 2.05 bits per heavy atom. The van der Waals surface area contributed by atoms with E-state index in [0.717, 1.165) is 17.7 Å². The van der Waals surface area contributed by atoms with E-state index >= 15 is 0 Å². The molecule has 1 saturated carbocycles. The Morgan fingerprint density at radius 3 is 2.70 bits per heavy atom. The van der Waals surface area contributed by atoms with Gasteiger partial charge in [-0.1, -0.05) is 18.2 Å². The third-order valence-corrected chi connectivity index (χ3v) is 4.25. The van der Waals surface area contributed by atoms with Gasteiger partial charge in [-0.3, -0.25) is 4.79 Å². The van der Waals surface area contributed by atoms with Gasteiger partial charge in [-0.25, -0.2) is 4.79 Å². The minimum Gasteiger partial charge on any atom is -0.493 e. The van der Waals surface area contributed by atoms with Crippen LogP contribution in [0.25, 0.3) is 0 Å². The van der Waals surface area contributed by atoms with Gasteiger partial charge in [0, 0.05) is 5.56 Å². The first-order valence-corrected chi connectivity index (χ1v) is 6.89. The maximum atomic E-state index is 12.4. The number of ether oxygens (including phenoxy) is 1. The fourth-order valence-corrected chi connectivity index (χ4v) is 2.86. The standard InChI is InChI=1S/C15H17NO4/c17-13(16-15(14(18)19)7-3-8-15)11-6-9-20-12-5-2-1-4-10(11)12/h1-2,4-5,11H,3,6-9H2,(H,16,17)(H,18,19)/t11-/m0/s1. The van der Waals surface area contributed by atoms with Crippen LogP contribution in [-0.4, -0.2) is 29.1 Å². The number of para-hydroxylation sites is 1. The van der Waals surface area contributed by atoms with E-state index in [4.69, 9.17) is 4.74 Å². The zero-order chi connectivity index (χ0) is 14.2. The summed E-state index contributed by atoms with van der Waals surface area (Å²) in [6.07, 6.45) is 2.45. The van der Waals surface area contributed by atoms with Crippen molar-refractivity contribution < 1.29 is 19.4 Å². The molecule has 106 valence electrons. The van der Waals surface area contributed by atoms with Gasteiger partial charge in [0.25, 0.3) is 0 Å². The van der Waals surface area contributed by atoms with E-state index in [1.807, 2.05) is 24.3 Å². The van der Waals surface area contributed by atoms with Gasteiger partial charge < -0.3 is 15.2 Å². The normalized spacial score (nSPS) is 22.9. The summed E-state index contributed by atoms with van der Waals surface area (Å²) in [5.74, 6) is -0.742. The topological polar surface area (TPSA) is 75.6 Å². The van der Waals surface area contributed by atoms with E-state index < -0.39 is 11.5 Å². The van der Waals surface area contributed by atoms with Gasteiger partial charge in [-0.05, 0) is 31.7 Å². The molecule has 0 radical (unpaired) electrons. The lowest BCUT2D eigenvalue weighted by atomic mass is 9.76. The molecular weight excluding hydrogens is 258 g/mol. The van der Waals surface area contributed by atoms with E-state index in [2.05, 4.69) is 5.32 Å². The molecule has 2 aliphatic rings. The second-order valence-electron chi connectivity index (χ2n) is 5.46. The van der Waals surface area contributed by atoms with Crippen LogP contribution < -0.4 is 10.1 Å². The highest BCUT2D eigenvalue weighted by atomic mass is 16.5. The van der Waals surface area contributed by atoms with Gasteiger partial charge in [0.2, 0.25) is 5.91 Å². The van der Waals surface area contributed by atoms with Crippen molar-refractivity contribution in [3.05, 3.63) is 29.8 Å². The summed E-state index contributed by atoms with van der Waals surface area (Å²) in [5, 5.41) is 12.0. The Balaban J connectivity index is 1.80. The average molecular weight is 275 g/mol. The minimum absolute atomic E-state index is 0.206. The van der Waals surface area contributed by atoms with Crippen molar-refractivity contribution in [2.45, 2.75) is 37.1 Å². The molecular formula is C15H17NO4. The summed E-state index contributed by atoms with van der Waals surface area (Å²) < 4.78 is 5.53. The number of benzene rings is 1. The van der Waals surface area contributed by atoms with Crippen molar-refractivity contribution in [2.24, 2.45) is 0 Å². The molecule has 1 aliphatic heterocycles.